The standard InChI is InChI=1S/C15H19O2/c1-10(2)13-9-15(3,4)17-14-8-11(16-5)6-7-12(13)14/h7-10H,1-5H3. The third-order valence-electron chi connectivity index (χ3n) is 2.92. The van der Waals surface area contributed by atoms with Crippen molar-refractivity contribution in [1.82, 2.24) is 0 Å². The van der Waals surface area contributed by atoms with Crippen molar-refractivity contribution in [3.63, 3.8) is 0 Å². The monoisotopic (exact) mass is 231 g/mol. The molecule has 0 atom stereocenters. The second-order valence-corrected chi connectivity index (χ2v) is 5.24. The Balaban J connectivity index is 2.54. The van der Waals surface area contributed by atoms with Crippen molar-refractivity contribution in [2.75, 3.05) is 7.11 Å². The maximum absolute atomic E-state index is 5.97. The Kier molecular flexibility index (Phi) is 2.90. The minimum atomic E-state index is -0.265. The normalized spacial score (nSPS) is 17.2. The largest absolute Gasteiger partial charge is 0.496 e. The molecule has 0 saturated carbocycles. The van der Waals surface area contributed by atoms with Crippen LogP contribution in [-0.4, -0.2) is 12.7 Å². The van der Waals surface area contributed by atoms with Gasteiger partial charge in [-0.15, -0.1) is 0 Å². The molecule has 0 bridgehead atoms. The molecular weight excluding hydrogens is 212 g/mol. The lowest BCUT2D eigenvalue weighted by atomic mass is 9.88. The van der Waals surface area contributed by atoms with E-state index >= 15 is 0 Å². The molecule has 17 heavy (non-hydrogen) atoms. The lowest BCUT2D eigenvalue weighted by molar-refractivity contribution is 0.156. The topological polar surface area (TPSA) is 18.5 Å². The Bertz CT molecular complexity index is 456. The summed E-state index contributed by atoms with van der Waals surface area (Å²) in [6.07, 6.45) is 2.19. The molecule has 0 N–H and O–H groups in total. The van der Waals surface area contributed by atoms with Gasteiger partial charge in [0, 0.05) is 17.7 Å². The summed E-state index contributed by atoms with van der Waals surface area (Å²) in [6.45, 7) is 8.53. The number of hydrogen-bond acceptors (Lipinski definition) is 2. The van der Waals surface area contributed by atoms with Gasteiger partial charge in [0.1, 0.15) is 17.1 Å². The zero-order valence-corrected chi connectivity index (χ0v) is 11.1. The van der Waals surface area contributed by atoms with E-state index in [0.717, 1.165) is 11.3 Å². The SMILES string of the molecule is COc1[c]cc2c(c1)OC(C)(C)C=C2C(C)C. The second kappa shape index (κ2) is 4.10. The third kappa shape index (κ3) is 2.31. The zero-order chi connectivity index (χ0) is 12.6. The van der Waals surface area contributed by atoms with Gasteiger partial charge in [0.2, 0.25) is 0 Å². The Hall–Kier alpha value is -1.44. The molecular formula is C15H19O2. The maximum Gasteiger partial charge on any atom is 0.131 e. The average molecular weight is 231 g/mol. The van der Waals surface area contributed by atoms with Crippen molar-refractivity contribution in [2.45, 2.75) is 33.3 Å². The highest BCUT2D eigenvalue weighted by Crippen LogP contribution is 2.40. The van der Waals surface area contributed by atoms with Gasteiger partial charge < -0.3 is 9.47 Å². The van der Waals surface area contributed by atoms with E-state index in [4.69, 9.17) is 9.47 Å². The van der Waals surface area contributed by atoms with Crippen LogP contribution in [0.15, 0.2) is 18.2 Å². The summed E-state index contributed by atoms with van der Waals surface area (Å²) in [5.74, 6) is 2.07. The van der Waals surface area contributed by atoms with Crippen molar-refractivity contribution in [3.05, 3.63) is 29.8 Å². The molecule has 0 fully saturated rings. The summed E-state index contributed by atoms with van der Waals surface area (Å²) < 4.78 is 11.2. The molecule has 0 saturated heterocycles. The number of benzene rings is 1. The van der Waals surface area contributed by atoms with Gasteiger partial charge in [-0.3, -0.25) is 0 Å². The van der Waals surface area contributed by atoms with Gasteiger partial charge in [-0.05, 0) is 37.5 Å². The van der Waals surface area contributed by atoms with E-state index in [2.05, 4.69) is 39.8 Å². The van der Waals surface area contributed by atoms with Crippen molar-refractivity contribution in [2.24, 2.45) is 5.92 Å². The van der Waals surface area contributed by atoms with Crippen LogP contribution in [0.3, 0.4) is 0 Å². The van der Waals surface area contributed by atoms with Crippen LogP contribution in [0.25, 0.3) is 5.57 Å². The fourth-order valence-corrected chi connectivity index (χ4v) is 2.12. The van der Waals surface area contributed by atoms with Gasteiger partial charge in [0.15, 0.2) is 0 Å². The van der Waals surface area contributed by atoms with E-state index in [-0.39, 0.29) is 5.60 Å². The highest BCUT2D eigenvalue weighted by Gasteiger charge is 2.27. The number of rotatable bonds is 2. The molecule has 1 aromatic rings. The summed E-state index contributed by atoms with van der Waals surface area (Å²) in [5, 5.41) is 0. The smallest absolute Gasteiger partial charge is 0.131 e. The molecule has 0 aliphatic carbocycles. The summed E-state index contributed by atoms with van der Waals surface area (Å²) in [4.78, 5) is 0. The van der Waals surface area contributed by atoms with E-state index in [1.165, 1.54) is 5.57 Å². The fraction of sp³-hybridized carbons (Fsp3) is 0.467. The van der Waals surface area contributed by atoms with Crippen LogP contribution in [0.1, 0.15) is 33.3 Å². The molecule has 0 aromatic heterocycles. The second-order valence-electron chi connectivity index (χ2n) is 5.24. The molecule has 1 aliphatic rings. The van der Waals surface area contributed by atoms with Gasteiger partial charge in [-0.1, -0.05) is 13.8 Å². The number of fused-ring (bicyclic) bond motifs is 1. The molecule has 1 radical (unpaired) electrons. The van der Waals surface area contributed by atoms with E-state index < -0.39 is 0 Å². The number of methoxy groups -OCH3 is 1. The Morgan fingerprint density at radius 3 is 2.65 bits per heavy atom. The number of ether oxygens (including phenoxy) is 2. The molecule has 2 nitrogen and oxygen atoms in total. The van der Waals surface area contributed by atoms with Crippen molar-refractivity contribution in [1.29, 1.82) is 0 Å². The highest BCUT2D eigenvalue weighted by molar-refractivity contribution is 5.75. The van der Waals surface area contributed by atoms with Crippen LogP contribution in [0.5, 0.6) is 11.5 Å². The quantitative estimate of drug-likeness (QED) is 0.772. The lowest BCUT2D eigenvalue weighted by Gasteiger charge is -2.32. The van der Waals surface area contributed by atoms with Crippen LogP contribution in [0, 0.1) is 12.0 Å². The Morgan fingerprint density at radius 2 is 2.06 bits per heavy atom. The van der Waals surface area contributed by atoms with E-state index in [0.29, 0.717) is 11.7 Å². The summed E-state index contributed by atoms with van der Waals surface area (Å²) in [6, 6.07) is 6.98. The third-order valence-corrected chi connectivity index (χ3v) is 2.92. The predicted molar refractivity (Wildman–Crippen MR) is 69.4 cm³/mol. The first-order valence-electron chi connectivity index (χ1n) is 5.95. The Labute approximate surface area is 103 Å². The van der Waals surface area contributed by atoms with Crippen LogP contribution in [0.4, 0.5) is 0 Å². The van der Waals surface area contributed by atoms with Gasteiger partial charge in [-0.25, -0.2) is 0 Å². The average Bonchev–Trinajstić information content (AvgIpc) is 2.25. The highest BCUT2D eigenvalue weighted by atomic mass is 16.5. The van der Waals surface area contributed by atoms with E-state index in [1.807, 2.05) is 12.1 Å². The first-order valence-corrected chi connectivity index (χ1v) is 5.95. The molecule has 2 heteroatoms. The van der Waals surface area contributed by atoms with E-state index in [1.54, 1.807) is 7.11 Å². The number of hydrogen-bond donors (Lipinski definition) is 0. The van der Waals surface area contributed by atoms with Crippen molar-refractivity contribution in [3.8, 4) is 11.5 Å². The minimum absolute atomic E-state index is 0.265. The molecule has 1 heterocycles. The maximum atomic E-state index is 5.97. The predicted octanol–water partition coefficient (Wildman–Crippen LogP) is 3.71. The summed E-state index contributed by atoms with van der Waals surface area (Å²) in [5.41, 5.74) is 2.18. The molecule has 2 rings (SSSR count). The minimum Gasteiger partial charge on any atom is -0.496 e. The van der Waals surface area contributed by atoms with Gasteiger partial charge >= 0.3 is 0 Å². The van der Waals surface area contributed by atoms with Crippen LogP contribution in [0.2, 0.25) is 0 Å². The van der Waals surface area contributed by atoms with Crippen LogP contribution in [-0.2, 0) is 0 Å². The first-order chi connectivity index (χ1) is 7.93. The lowest BCUT2D eigenvalue weighted by Crippen LogP contribution is -2.29. The molecule has 0 unspecified atom stereocenters. The molecule has 0 amide bonds. The van der Waals surface area contributed by atoms with Crippen LogP contribution < -0.4 is 9.47 Å². The summed E-state index contributed by atoms with van der Waals surface area (Å²) in [7, 11) is 1.64. The van der Waals surface area contributed by atoms with Gasteiger partial charge in [0.25, 0.3) is 0 Å². The zero-order valence-electron chi connectivity index (χ0n) is 11.1. The molecule has 91 valence electrons. The van der Waals surface area contributed by atoms with Gasteiger partial charge in [-0.2, -0.15) is 0 Å². The molecule has 1 aliphatic heterocycles. The van der Waals surface area contributed by atoms with Crippen LogP contribution >= 0.6 is 0 Å². The number of allylic oxidation sites excluding steroid dienone is 1. The molecule has 1 aromatic carbocycles. The fourth-order valence-electron chi connectivity index (χ4n) is 2.12. The first kappa shape index (κ1) is 12.0. The molecule has 0 spiro atoms. The Morgan fingerprint density at radius 1 is 1.35 bits per heavy atom. The van der Waals surface area contributed by atoms with Gasteiger partial charge in [0.05, 0.1) is 7.11 Å². The summed E-state index contributed by atoms with van der Waals surface area (Å²) >= 11 is 0. The van der Waals surface area contributed by atoms with Crippen molar-refractivity contribution < 1.29 is 9.47 Å². The van der Waals surface area contributed by atoms with E-state index in [9.17, 15) is 0 Å². The van der Waals surface area contributed by atoms with Crippen molar-refractivity contribution >= 4 is 5.57 Å².